The minimum absolute atomic E-state index is 0.253. The van der Waals surface area contributed by atoms with Crippen LogP contribution in [-0.4, -0.2) is 24.0 Å². The van der Waals surface area contributed by atoms with Crippen LogP contribution in [0.3, 0.4) is 0 Å². The van der Waals surface area contributed by atoms with Crippen molar-refractivity contribution < 1.29 is 4.79 Å². The molecule has 0 spiro atoms. The molecule has 2 N–H and O–H groups in total. The summed E-state index contributed by atoms with van der Waals surface area (Å²) < 4.78 is 0. The van der Waals surface area contributed by atoms with Crippen LogP contribution in [0.15, 0.2) is 0 Å². The summed E-state index contributed by atoms with van der Waals surface area (Å²) in [4.78, 5) is 12.5. The van der Waals surface area contributed by atoms with Crippen molar-refractivity contribution in [3.63, 3.8) is 0 Å². The molecule has 3 atom stereocenters. The van der Waals surface area contributed by atoms with Crippen LogP contribution in [-0.2, 0) is 4.79 Å². The molecule has 1 saturated heterocycles. The van der Waals surface area contributed by atoms with E-state index in [2.05, 4.69) is 24.5 Å². The van der Waals surface area contributed by atoms with Crippen molar-refractivity contribution in [2.24, 2.45) is 5.92 Å². The maximum atomic E-state index is 12.5. The Morgan fingerprint density at radius 2 is 2.24 bits per heavy atom. The third-order valence-electron chi connectivity index (χ3n) is 4.53. The third kappa shape index (κ3) is 2.65. The highest BCUT2D eigenvalue weighted by atomic mass is 16.2. The van der Waals surface area contributed by atoms with E-state index in [9.17, 15) is 4.79 Å². The Morgan fingerprint density at radius 1 is 1.41 bits per heavy atom. The quantitative estimate of drug-likeness (QED) is 0.788. The molecule has 3 heteroatoms. The molecule has 0 aromatic rings. The maximum absolute atomic E-state index is 12.5. The molecule has 1 saturated carbocycles. The fraction of sp³-hybridized carbons (Fsp3) is 0.929. The van der Waals surface area contributed by atoms with Crippen LogP contribution >= 0.6 is 0 Å². The molecule has 2 rings (SSSR count). The van der Waals surface area contributed by atoms with Gasteiger partial charge in [0, 0.05) is 6.04 Å². The number of hydrogen-bond donors (Lipinski definition) is 2. The molecular formula is C14H26N2O. The van der Waals surface area contributed by atoms with Gasteiger partial charge in [-0.05, 0) is 44.6 Å². The van der Waals surface area contributed by atoms with E-state index in [1.54, 1.807) is 0 Å². The normalized spacial score (nSPS) is 37.3. The molecule has 0 aromatic heterocycles. The number of nitrogens with one attached hydrogen (secondary N) is 2. The molecule has 0 aromatic carbocycles. The average Bonchev–Trinajstić information content (AvgIpc) is 2.91. The second kappa shape index (κ2) is 5.38. The summed E-state index contributed by atoms with van der Waals surface area (Å²) >= 11 is 0. The van der Waals surface area contributed by atoms with E-state index in [1.807, 2.05) is 0 Å². The van der Waals surface area contributed by atoms with Crippen LogP contribution in [0, 0.1) is 5.92 Å². The summed E-state index contributed by atoms with van der Waals surface area (Å²) in [5.41, 5.74) is -0.253. The first-order valence-corrected chi connectivity index (χ1v) is 7.24. The Morgan fingerprint density at radius 3 is 2.76 bits per heavy atom. The average molecular weight is 238 g/mol. The SMILES string of the molecule is CCCC1(C(=O)NC2CCCC2C)CCCN1. The zero-order valence-corrected chi connectivity index (χ0v) is 11.2. The van der Waals surface area contributed by atoms with E-state index < -0.39 is 0 Å². The van der Waals surface area contributed by atoms with Crippen LogP contribution < -0.4 is 10.6 Å². The number of carbonyl (C=O) groups is 1. The third-order valence-corrected chi connectivity index (χ3v) is 4.53. The Kier molecular flexibility index (Phi) is 4.08. The lowest BCUT2D eigenvalue weighted by Gasteiger charge is -2.30. The first-order chi connectivity index (χ1) is 8.18. The van der Waals surface area contributed by atoms with Crippen molar-refractivity contribution in [2.45, 2.75) is 70.4 Å². The van der Waals surface area contributed by atoms with Gasteiger partial charge in [0.2, 0.25) is 5.91 Å². The minimum Gasteiger partial charge on any atom is -0.351 e. The van der Waals surface area contributed by atoms with Gasteiger partial charge in [0.1, 0.15) is 0 Å². The topological polar surface area (TPSA) is 41.1 Å². The molecular weight excluding hydrogens is 212 g/mol. The zero-order chi connectivity index (χ0) is 12.3. The number of rotatable bonds is 4. The van der Waals surface area contributed by atoms with Gasteiger partial charge in [0.15, 0.2) is 0 Å². The molecule has 1 aliphatic heterocycles. The molecule has 1 heterocycles. The van der Waals surface area contributed by atoms with Gasteiger partial charge in [-0.15, -0.1) is 0 Å². The van der Waals surface area contributed by atoms with Crippen molar-refractivity contribution in [3.8, 4) is 0 Å². The van der Waals surface area contributed by atoms with E-state index in [4.69, 9.17) is 0 Å². The highest BCUT2D eigenvalue weighted by Gasteiger charge is 2.41. The number of amides is 1. The van der Waals surface area contributed by atoms with Crippen molar-refractivity contribution in [1.29, 1.82) is 0 Å². The van der Waals surface area contributed by atoms with Gasteiger partial charge in [0.25, 0.3) is 0 Å². The molecule has 17 heavy (non-hydrogen) atoms. The van der Waals surface area contributed by atoms with Gasteiger partial charge in [-0.3, -0.25) is 4.79 Å². The fourth-order valence-electron chi connectivity index (χ4n) is 3.42. The Hall–Kier alpha value is -0.570. The smallest absolute Gasteiger partial charge is 0.240 e. The lowest BCUT2D eigenvalue weighted by atomic mass is 9.90. The lowest BCUT2D eigenvalue weighted by Crippen LogP contribution is -2.56. The van der Waals surface area contributed by atoms with Gasteiger partial charge < -0.3 is 10.6 Å². The first-order valence-electron chi connectivity index (χ1n) is 7.24. The Bertz CT molecular complexity index is 271. The van der Waals surface area contributed by atoms with Crippen molar-refractivity contribution in [3.05, 3.63) is 0 Å². The van der Waals surface area contributed by atoms with Crippen LogP contribution in [0.5, 0.6) is 0 Å². The summed E-state index contributed by atoms with van der Waals surface area (Å²) in [5, 5.41) is 6.74. The highest BCUT2D eigenvalue weighted by Crippen LogP contribution is 2.28. The van der Waals surface area contributed by atoms with Crippen LogP contribution in [0.4, 0.5) is 0 Å². The standard InChI is InChI=1S/C14H26N2O/c1-3-8-14(9-5-10-15-14)13(17)16-12-7-4-6-11(12)2/h11-12,15H,3-10H2,1-2H3,(H,16,17). The number of carbonyl (C=O) groups excluding carboxylic acids is 1. The predicted molar refractivity (Wildman–Crippen MR) is 69.8 cm³/mol. The molecule has 98 valence electrons. The van der Waals surface area contributed by atoms with E-state index in [-0.39, 0.29) is 11.4 Å². The molecule has 2 fully saturated rings. The largest absolute Gasteiger partial charge is 0.351 e. The summed E-state index contributed by atoms with van der Waals surface area (Å²) in [7, 11) is 0. The van der Waals surface area contributed by atoms with Crippen LogP contribution in [0.25, 0.3) is 0 Å². The van der Waals surface area contributed by atoms with Crippen molar-refractivity contribution in [1.82, 2.24) is 10.6 Å². The monoisotopic (exact) mass is 238 g/mol. The van der Waals surface area contributed by atoms with Gasteiger partial charge in [-0.1, -0.05) is 26.7 Å². The molecule has 1 aliphatic carbocycles. The zero-order valence-electron chi connectivity index (χ0n) is 11.2. The summed E-state index contributed by atoms with van der Waals surface area (Å²) in [5.74, 6) is 0.912. The van der Waals surface area contributed by atoms with Gasteiger partial charge in [0.05, 0.1) is 5.54 Å². The minimum atomic E-state index is -0.253. The number of hydrogen-bond acceptors (Lipinski definition) is 2. The second-order valence-corrected chi connectivity index (χ2v) is 5.85. The summed E-state index contributed by atoms with van der Waals surface area (Å²) in [6.07, 6.45) is 7.87. The summed E-state index contributed by atoms with van der Waals surface area (Å²) in [6, 6.07) is 0.415. The van der Waals surface area contributed by atoms with E-state index in [0.717, 1.165) is 38.6 Å². The predicted octanol–water partition coefficient (Wildman–Crippen LogP) is 2.21. The Balaban J connectivity index is 1.96. The van der Waals surface area contributed by atoms with E-state index >= 15 is 0 Å². The molecule has 1 amide bonds. The van der Waals surface area contributed by atoms with Crippen LogP contribution in [0.2, 0.25) is 0 Å². The highest BCUT2D eigenvalue weighted by molar-refractivity contribution is 5.87. The van der Waals surface area contributed by atoms with Crippen LogP contribution in [0.1, 0.15) is 58.8 Å². The second-order valence-electron chi connectivity index (χ2n) is 5.85. The van der Waals surface area contributed by atoms with Gasteiger partial charge in [-0.2, -0.15) is 0 Å². The van der Waals surface area contributed by atoms with Gasteiger partial charge in [-0.25, -0.2) is 0 Å². The van der Waals surface area contributed by atoms with E-state index in [1.165, 1.54) is 12.8 Å². The van der Waals surface area contributed by atoms with Crippen molar-refractivity contribution in [2.75, 3.05) is 6.54 Å². The molecule has 3 nitrogen and oxygen atoms in total. The molecule has 0 bridgehead atoms. The first kappa shape index (κ1) is 12.9. The summed E-state index contributed by atoms with van der Waals surface area (Å²) in [6.45, 7) is 5.41. The van der Waals surface area contributed by atoms with Gasteiger partial charge >= 0.3 is 0 Å². The lowest BCUT2D eigenvalue weighted by molar-refractivity contribution is -0.128. The van der Waals surface area contributed by atoms with E-state index in [0.29, 0.717) is 12.0 Å². The molecule has 2 aliphatic rings. The molecule has 0 radical (unpaired) electrons. The fourth-order valence-corrected chi connectivity index (χ4v) is 3.42. The van der Waals surface area contributed by atoms with Crippen molar-refractivity contribution >= 4 is 5.91 Å². The molecule has 3 unspecified atom stereocenters. The maximum Gasteiger partial charge on any atom is 0.240 e. The Labute approximate surface area is 105 Å².